The van der Waals surface area contributed by atoms with Crippen LogP contribution < -0.4 is 10.6 Å². The van der Waals surface area contributed by atoms with Gasteiger partial charge in [-0.05, 0) is 65.8 Å². The maximum absolute atomic E-state index is 13.6. The summed E-state index contributed by atoms with van der Waals surface area (Å²) in [6.45, 7) is 4.41. The Morgan fingerprint density at radius 3 is 2.23 bits per heavy atom. The zero-order valence-electron chi connectivity index (χ0n) is 23.8. The molecule has 12 heteroatoms. The molecule has 0 saturated carbocycles. The first kappa shape index (κ1) is 32.2. The largest absolute Gasteiger partial charge is 0.478 e. The number of carbonyl (C=O) groups excluding carboxylic acids is 1. The third-order valence-corrected chi connectivity index (χ3v) is 9.51. The average Bonchev–Trinajstić information content (AvgIpc) is 2.98. The second-order valence-corrected chi connectivity index (χ2v) is 12.7. The van der Waals surface area contributed by atoms with Gasteiger partial charge in [0.25, 0.3) is 0 Å². The molecule has 0 aromatic heterocycles. The zero-order valence-corrected chi connectivity index (χ0v) is 24.6. The summed E-state index contributed by atoms with van der Waals surface area (Å²) in [5, 5.41) is 15.6. The molecule has 3 aromatic rings. The van der Waals surface area contributed by atoms with Gasteiger partial charge in [0.05, 0.1) is 16.0 Å². The highest BCUT2D eigenvalue weighted by Crippen LogP contribution is 2.32. The minimum absolute atomic E-state index is 0.0667. The first-order chi connectivity index (χ1) is 20.3. The second-order valence-electron chi connectivity index (χ2n) is 10.8. The van der Waals surface area contributed by atoms with Crippen LogP contribution in [-0.4, -0.2) is 48.3 Å². The van der Waals surface area contributed by atoms with Crippen molar-refractivity contribution in [2.24, 2.45) is 0 Å². The number of nitrogens with zero attached hydrogens (tertiary/aromatic N) is 1. The third kappa shape index (κ3) is 7.81. The Labute approximate surface area is 249 Å². The molecule has 4 rings (SSSR count). The molecule has 1 saturated heterocycles. The van der Waals surface area contributed by atoms with Crippen molar-refractivity contribution in [2.75, 3.05) is 6.54 Å². The average molecular weight is 618 g/mol. The molecule has 1 aliphatic heterocycles. The van der Waals surface area contributed by atoms with Gasteiger partial charge in [-0.2, -0.15) is 17.5 Å². The maximum atomic E-state index is 13.6. The van der Waals surface area contributed by atoms with E-state index in [-0.39, 0.29) is 42.6 Å². The minimum Gasteiger partial charge on any atom is -0.478 e. The summed E-state index contributed by atoms with van der Waals surface area (Å²) in [6, 6.07) is 15.9. The quantitative estimate of drug-likeness (QED) is 0.290. The minimum atomic E-state index is -4.62. The molecule has 0 bridgehead atoms. The molecule has 1 aliphatic rings. The number of sulfonamides is 1. The van der Waals surface area contributed by atoms with Gasteiger partial charge in [-0.25, -0.2) is 13.2 Å². The molecule has 2 atom stereocenters. The smallest absolute Gasteiger partial charge is 0.416 e. The van der Waals surface area contributed by atoms with Crippen LogP contribution in [0.15, 0.2) is 77.7 Å². The third-order valence-electron chi connectivity index (χ3n) is 7.59. The molecule has 1 fully saturated rings. The van der Waals surface area contributed by atoms with E-state index < -0.39 is 39.7 Å². The fourth-order valence-electron chi connectivity index (χ4n) is 5.07. The Balaban J connectivity index is 1.55. The van der Waals surface area contributed by atoms with Crippen LogP contribution in [0.4, 0.5) is 13.2 Å². The molecule has 0 aliphatic carbocycles. The van der Waals surface area contributed by atoms with Gasteiger partial charge in [0.1, 0.15) is 6.04 Å². The number of benzene rings is 3. The summed E-state index contributed by atoms with van der Waals surface area (Å²) >= 11 is 0. The van der Waals surface area contributed by atoms with Gasteiger partial charge in [0, 0.05) is 25.7 Å². The Hall–Kier alpha value is -3.74. The summed E-state index contributed by atoms with van der Waals surface area (Å²) < 4.78 is 67.5. The van der Waals surface area contributed by atoms with Crippen LogP contribution in [0, 0.1) is 0 Å². The Morgan fingerprint density at radius 2 is 1.63 bits per heavy atom. The standard InChI is InChI=1S/C31H34F3N3O5S/c1-20(2)22-9-7-21(8-10-22)18-36-29(38)28-17-25(35-19-23-5-3-4-6-27(23)30(39)40)15-16-37(28)43(41,42)26-13-11-24(12-14-26)31(32,33)34/h3-14,20,25,28,35H,15-19H2,1-2H3,(H,36,38)(H,39,40)/t25-,28-/m1/s1. The van der Waals surface area contributed by atoms with Crippen LogP contribution in [0.2, 0.25) is 0 Å². The molecular weight excluding hydrogens is 583 g/mol. The van der Waals surface area contributed by atoms with Crippen molar-refractivity contribution in [2.45, 2.75) is 68.9 Å². The van der Waals surface area contributed by atoms with Gasteiger partial charge in [0.15, 0.2) is 0 Å². The van der Waals surface area contributed by atoms with Crippen molar-refractivity contribution in [3.63, 3.8) is 0 Å². The molecule has 0 spiro atoms. The number of nitrogens with one attached hydrogen (secondary N) is 2. The van der Waals surface area contributed by atoms with Crippen molar-refractivity contribution in [3.8, 4) is 0 Å². The molecule has 1 heterocycles. The van der Waals surface area contributed by atoms with Crippen LogP contribution in [0.1, 0.15) is 65.2 Å². The van der Waals surface area contributed by atoms with Gasteiger partial charge in [-0.3, -0.25) is 4.79 Å². The fourth-order valence-corrected chi connectivity index (χ4v) is 6.68. The van der Waals surface area contributed by atoms with Gasteiger partial charge in [-0.15, -0.1) is 0 Å². The fraction of sp³-hybridized carbons (Fsp3) is 0.355. The van der Waals surface area contributed by atoms with Gasteiger partial charge < -0.3 is 15.7 Å². The summed E-state index contributed by atoms with van der Waals surface area (Å²) in [5.74, 6) is -1.28. The van der Waals surface area contributed by atoms with E-state index in [0.29, 0.717) is 30.0 Å². The van der Waals surface area contributed by atoms with Crippen LogP contribution in [0.3, 0.4) is 0 Å². The summed E-state index contributed by atoms with van der Waals surface area (Å²) in [4.78, 5) is 24.8. The van der Waals surface area contributed by atoms with E-state index in [0.717, 1.165) is 27.6 Å². The normalized spacial score (nSPS) is 18.0. The molecular formula is C31H34F3N3O5S. The lowest BCUT2D eigenvalue weighted by Crippen LogP contribution is -2.56. The van der Waals surface area contributed by atoms with E-state index in [2.05, 4.69) is 24.5 Å². The number of halogens is 3. The van der Waals surface area contributed by atoms with Crippen molar-refractivity contribution in [1.82, 2.24) is 14.9 Å². The van der Waals surface area contributed by atoms with Crippen molar-refractivity contribution in [3.05, 3.63) is 101 Å². The molecule has 8 nitrogen and oxygen atoms in total. The number of rotatable bonds is 10. The number of hydrogen-bond donors (Lipinski definition) is 3. The molecule has 0 radical (unpaired) electrons. The molecule has 230 valence electrons. The van der Waals surface area contributed by atoms with E-state index in [1.807, 2.05) is 24.3 Å². The maximum Gasteiger partial charge on any atom is 0.416 e. The molecule has 1 amide bonds. The Bertz CT molecular complexity index is 1540. The zero-order chi connectivity index (χ0) is 31.4. The Kier molecular flexibility index (Phi) is 9.93. The number of amides is 1. The predicted molar refractivity (Wildman–Crippen MR) is 155 cm³/mol. The Morgan fingerprint density at radius 1 is 0.977 bits per heavy atom. The van der Waals surface area contributed by atoms with E-state index >= 15 is 0 Å². The lowest BCUT2D eigenvalue weighted by Gasteiger charge is -2.38. The van der Waals surface area contributed by atoms with E-state index in [1.54, 1.807) is 18.2 Å². The number of piperidine rings is 1. The first-order valence-corrected chi connectivity index (χ1v) is 15.3. The lowest BCUT2D eigenvalue weighted by atomic mass is 9.97. The van der Waals surface area contributed by atoms with E-state index in [1.165, 1.54) is 6.07 Å². The molecule has 3 aromatic carbocycles. The molecule has 43 heavy (non-hydrogen) atoms. The van der Waals surface area contributed by atoms with E-state index in [9.17, 15) is 36.3 Å². The van der Waals surface area contributed by atoms with Crippen LogP contribution in [0.5, 0.6) is 0 Å². The van der Waals surface area contributed by atoms with Crippen molar-refractivity contribution in [1.29, 1.82) is 0 Å². The SMILES string of the molecule is CC(C)c1ccc(CNC(=O)[C@H]2C[C@H](NCc3ccccc3C(=O)O)CCN2S(=O)(=O)c2ccc(C(F)(F)F)cc2)cc1. The van der Waals surface area contributed by atoms with Crippen LogP contribution in [0.25, 0.3) is 0 Å². The number of carboxylic acid groups (broad SMARTS) is 1. The highest BCUT2D eigenvalue weighted by Gasteiger charge is 2.41. The number of aromatic carboxylic acids is 1. The van der Waals surface area contributed by atoms with Crippen LogP contribution in [-0.2, 0) is 34.1 Å². The number of hydrogen-bond acceptors (Lipinski definition) is 5. The highest BCUT2D eigenvalue weighted by atomic mass is 32.2. The highest BCUT2D eigenvalue weighted by molar-refractivity contribution is 7.89. The van der Waals surface area contributed by atoms with Crippen molar-refractivity contribution < 1.29 is 36.3 Å². The molecule has 0 unspecified atom stereocenters. The second kappa shape index (κ2) is 13.3. The number of carbonyl (C=O) groups is 2. The van der Waals surface area contributed by atoms with Gasteiger partial charge >= 0.3 is 12.1 Å². The molecule has 3 N–H and O–H groups in total. The number of alkyl halides is 3. The van der Waals surface area contributed by atoms with Gasteiger partial charge in [-0.1, -0.05) is 56.3 Å². The van der Waals surface area contributed by atoms with Crippen molar-refractivity contribution >= 4 is 21.9 Å². The summed E-state index contributed by atoms with van der Waals surface area (Å²) in [6.07, 6.45) is -4.25. The summed E-state index contributed by atoms with van der Waals surface area (Å²) in [5.41, 5.74) is 1.66. The predicted octanol–water partition coefficient (Wildman–Crippen LogP) is 5.15. The van der Waals surface area contributed by atoms with E-state index in [4.69, 9.17) is 0 Å². The summed E-state index contributed by atoms with van der Waals surface area (Å²) in [7, 11) is -4.33. The monoisotopic (exact) mass is 617 g/mol. The van der Waals surface area contributed by atoms with Gasteiger partial charge in [0.2, 0.25) is 15.9 Å². The van der Waals surface area contributed by atoms with Crippen LogP contribution >= 0.6 is 0 Å². The topological polar surface area (TPSA) is 116 Å². The lowest BCUT2D eigenvalue weighted by molar-refractivity contribution is -0.137. The first-order valence-electron chi connectivity index (χ1n) is 13.9. The number of carboxylic acids is 1.